The number of hydrogen-bond donors (Lipinski definition) is 4. The van der Waals surface area contributed by atoms with Gasteiger partial charge in [0.2, 0.25) is 5.95 Å². The Balaban J connectivity index is 0.00000108. The lowest BCUT2D eigenvalue weighted by Gasteiger charge is -2.25. The van der Waals surface area contributed by atoms with Crippen molar-refractivity contribution in [3.8, 4) is 0 Å². The van der Waals surface area contributed by atoms with Crippen LogP contribution in [0.4, 0.5) is 28.8 Å². The van der Waals surface area contributed by atoms with Gasteiger partial charge in [-0.05, 0) is 76.1 Å². The highest BCUT2D eigenvalue weighted by Crippen LogP contribution is 2.29. The predicted molar refractivity (Wildman–Crippen MR) is 138 cm³/mol. The molecule has 0 amide bonds. The summed E-state index contributed by atoms with van der Waals surface area (Å²) in [6.45, 7) is 12.2. The number of aryl methyl sites for hydroxylation is 2. The van der Waals surface area contributed by atoms with E-state index in [1.807, 2.05) is 19.1 Å². The molecule has 0 spiro atoms. The van der Waals surface area contributed by atoms with Crippen LogP contribution >= 0.6 is 0 Å². The van der Waals surface area contributed by atoms with Crippen LogP contribution in [0.5, 0.6) is 0 Å². The van der Waals surface area contributed by atoms with Crippen molar-refractivity contribution in [3.05, 3.63) is 63.8 Å². The van der Waals surface area contributed by atoms with Gasteiger partial charge in [0, 0.05) is 41.9 Å². The maximum atomic E-state index is 11.4. The first kappa shape index (κ1) is 25.3. The van der Waals surface area contributed by atoms with Gasteiger partial charge in [-0.3, -0.25) is 9.78 Å². The van der Waals surface area contributed by atoms with E-state index in [2.05, 4.69) is 70.3 Å². The Morgan fingerprint density at radius 3 is 2.46 bits per heavy atom. The minimum Gasteiger partial charge on any atom is -0.483 e. The number of aromatic amines is 1. The number of fused-ring (bicyclic) bond motifs is 1. The third-order valence-corrected chi connectivity index (χ3v) is 5.65. The fraction of sp³-hybridized carbons (Fsp3) is 0.280. The first-order valence-electron chi connectivity index (χ1n) is 11.2. The third-order valence-electron chi connectivity index (χ3n) is 5.65. The Kier molecular flexibility index (Phi) is 8.08. The van der Waals surface area contributed by atoms with Crippen LogP contribution in [0.15, 0.2) is 45.7 Å². The summed E-state index contributed by atoms with van der Waals surface area (Å²) in [5.41, 5.74) is 7.49. The number of nitrogens with zero attached hydrogens (tertiary/aromatic N) is 3. The SMILES string of the molecule is CCN(CC)c1cc(Nc2ncc(C)c(Nc3ccc4oc(=O)[nH]c4c3)n2)cc(C)c1C.O=CO. The standard InChI is InChI=1S/C24H28N6O2.CH2O2/c1-6-30(7-2)20-12-18(10-14(3)16(20)5)27-23-25-13-15(4)22(29-23)26-17-8-9-21-19(11-17)28-24(31)32-21;2-1-3/h8-13H,6-7H2,1-5H3,(H,28,31)(H2,25,26,27,29);1H,(H,2,3). The Hall–Kier alpha value is -4.34. The summed E-state index contributed by atoms with van der Waals surface area (Å²) in [6.07, 6.45) is 1.78. The second kappa shape index (κ2) is 11.2. The normalized spacial score (nSPS) is 10.4. The molecule has 0 bridgehead atoms. The van der Waals surface area contributed by atoms with Crippen molar-refractivity contribution in [1.29, 1.82) is 0 Å². The predicted octanol–water partition coefficient (Wildman–Crippen LogP) is 4.87. The molecule has 0 saturated carbocycles. The van der Waals surface area contributed by atoms with Crippen molar-refractivity contribution < 1.29 is 14.3 Å². The number of oxazole rings is 1. The van der Waals surface area contributed by atoms with Gasteiger partial charge in [-0.2, -0.15) is 4.98 Å². The summed E-state index contributed by atoms with van der Waals surface area (Å²) >= 11 is 0. The van der Waals surface area contributed by atoms with Crippen molar-refractivity contribution in [2.45, 2.75) is 34.6 Å². The first-order chi connectivity index (χ1) is 16.8. The van der Waals surface area contributed by atoms with E-state index in [1.165, 1.54) is 16.8 Å². The monoisotopic (exact) mass is 478 g/mol. The lowest BCUT2D eigenvalue weighted by atomic mass is 10.1. The fourth-order valence-corrected chi connectivity index (χ4v) is 3.73. The summed E-state index contributed by atoms with van der Waals surface area (Å²) in [5, 5.41) is 13.5. The largest absolute Gasteiger partial charge is 0.483 e. The highest BCUT2D eigenvalue weighted by Gasteiger charge is 2.12. The topological polar surface area (TPSA) is 136 Å². The number of anilines is 5. The molecular formula is C25H30N6O4. The van der Waals surface area contributed by atoms with E-state index in [0.29, 0.717) is 22.9 Å². The van der Waals surface area contributed by atoms with Gasteiger partial charge in [-0.1, -0.05) is 0 Å². The second-order valence-electron chi connectivity index (χ2n) is 7.92. The molecule has 0 atom stereocenters. The van der Waals surface area contributed by atoms with Crippen molar-refractivity contribution in [3.63, 3.8) is 0 Å². The number of hydrogen-bond acceptors (Lipinski definition) is 8. The molecule has 0 radical (unpaired) electrons. The minimum atomic E-state index is -0.473. The van der Waals surface area contributed by atoms with Gasteiger partial charge < -0.3 is 25.1 Å². The van der Waals surface area contributed by atoms with Crippen molar-refractivity contribution in [1.82, 2.24) is 15.0 Å². The summed E-state index contributed by atoms with van der Waals surface area (Å²) in [4.78, 5) is 33.9. The Morgan fingerprint density at radius 2 is 1.77 bits per heavy atom. The maximum absolute atomic E-state index is 11.4. The van der Waals surface area contributed by atoms with E-state index in [0.717, 1.165) is 30.0 Å². The van der Waals surface area contributed by atoms with Gasteiger partial charge in [-0.25, -0.2) is 9.78 Å². The highest BCUT2D eigenvalue weighted by atomic mass is 16.4. The molecule has 0 saturated heterocycles. The average molecular weight is 479 g/mol. The zero-order valence-electron chi connectivity index (χ0n) is 20.5. The summed E-state index contributed by atoms with van der Waals surface area (Å²) < 4.78 is 5.06. The Morgan fingerprint density at radius 1 is 1.06 bits per heavy atom. The van der Waals surface area contributed by atoms with Gasteiger partial charge in [0.05, 0.1) is 5.52 Å². The molecule has 35 heavy (non-hydrogen) atoms. The molecule has 4 N–H and O–H groups in total. The molecule has 2 aromatic carbocycles. The lowest BCUT2D eigenvalue weighted by Crippen LogP contribution is -2.23. The summed E-state index contributed by atoms with van der Waals surface area (Å²) in [5.74, 6) is 0.712. The van der Waals surface area contributed by atoms with Crippen LogP contribution in [-0.2, 0) is 4.79 Å². The van der Waals surface area contributed by atoms with Crippen LogP contribution in [0, 0.1) is 20.8 Å². The molecule has 4 rings (SSSR count). The van der Waals surface area contributed by atoms with Crippen LogP contribution in [0.25, 0.3) is 11.1 Å². The number of H-pyrrole nitrogens is 1. The third kappa shape index (κ3) is 5.97. The minimum absolute atomic E-state index is 0.250. The molecule has 2 heterocycles. The molecule has 4 aromatic rings. The molecule has 0 fully saturated rings. The number of rotatable bonds is 7. The van der Waals surface area contributed by atoms with Gasteiger partial charge in [0.25, 0.3) is 6.47 Å². The zero-order valence-corrected chi connectivity index (χ0v) is 20.5. The number of benzene rings is 2. The number of carbonyl (C=O) groups is 1. The highest BCUT2D eigenvalue weighted by molar-refractivity contribution is 5.78. The van der Waals surface area contributed by atoms with Crippen molar-refractivity contribution in [2.75, 3.05) is 28.6 Å². The molecular weight excluding hydrogens is 448 g/mol. The number of nitrogens with one attached hydrogen (secondary N) is 3. The molecule has 0 aliphatic carbocycles. The number of carboxylic acid groups (broad SMARTS) is 1. The zero-order chi connectivity index (χ0) is 25.5. The average Bonchev–Trinajstić information content (AvgIpc) is 3.19. The van der Waals surface area contributed by atoms with Gasteiger partial charge in [0.1, 0.15) is 5.82 Å². The lowest BCUT2D eigenvalue weighted by molar-refractivity contribution is -0.122. The molecule has 10 heteroatoms. The second-order valence-corrected chi connectivity index (χ2v) is 7.92. The van der Waals surface area contributed by atoms with E-state index in [9.17, 15) is 4.79 Å². The van der Waals surface area contributed by atoms with Crippen molar-refractivity contribution >= 4 is 46.4 Å². The van der Waals surface area contributed by atoms with Crippen LogP contribution in [0.1, 0.15) is 30.5 Å². The van der Waals surface area contributed by atoms with E-state index >= 15 is 0 Å². The van der Waals surface area contributed by atoms with E-state index in [1.54, 1.807) is 12.3 Å². The summed E-state index contributed by atoms with van der Waals surface area (Å²) in [6, 6.07) is 9.66. The molecule has 0 unspecified atom stereocenters. The summed E-state index contributed by atoms with van der Waals surface area (Å²) in [7, 11) is 0. The molecule has 0 aliphatic rings. The van der Waals surface area contributed by atoms with E-state index in [-0.39, 0.29) is 6.47 Å². The van der Waals surface area contributed by atoms with E-state index < -0.39 is 5.76 Å². The quantitative estimate of drug-likeness (QED) is 0.274. The van der Waals surface area contributed by atoms with Crippen LogP contribution in [-0.4, -0.2) is 39.6 Å². The smallest absolute Gasteiger partial charge is 0.417 e. The fourth-order valence-electron chi connectivity index (χ4n) is 3.73. The van der Waals surface area contributed by atoms with E-state index in [4.69, 9.17) is 14.3 Å². The molecule has 10 nitrogen and oxygen atoms in total. The molecule has 0 aliphatic heterocycles. The van der Waals surface area contributed by atoms with Gasteiger partial charge >= 0.3 is 5.76 Å². The van der Waals surface area contributed by atoms with Crippen molar-refractivity contribution in [2.24, 2.45) is 0 Å². The Bertz CT molecular complexity index is 1370. The molecule has 184 valence electrons. The van der Waals surface area contributed by atoms with Crippen LogP contribution in [0.2, 0.25) is 0 Å². The first-order valence-corrected chi connectivity index (χ1v) is 11.2. The van der Waals surface area contributed by atoms with Gasteiger partial charge in [0.15, 0.2) is 5.58 Å². The van der Waals surface area contributed by atoms with Gasteiger partial charge in [-0.15, -0.1) is 0 Å². The molecule has 2 aromatic heterocycles. The maximum Gasteiger partial charge on any atom is 0.417 e. The number of aromatic nitrogens is 3. The van der Waals surface area contributed by atoms with Crippen LogP contribution in [0.3, 0.4) is 0 Å². The Labute approximate surface area is 203 Å². The van der Waals surface area contributed by atoms with Crippen LogP contribution < -0.4 is 21.3 Å².